The number of hydrogen-bond acceptors (Lipinski definition) is 5. The van der Waals surface area contributed by atoms with E-state index in [2.05, 4.69) is 36.5 Å². The van der Waals surface area contributed by atoms with Gasteiger partial charge in [-0.2, -0.15) is 0 Å². The Labute approximate surface area is 261 Å². The van der Waals surface area contributed by atoms with Gasteiger partial charge in [0.2, 0.25) is 0 Å². The Morgan fingerprint density at radius 1 is 0.581 bits per heavy atom. The average Bonchev–Trinajstić information content (AvgIpc) is 3.35. The lowest BCUT2D eigenvalue weighted by molar-refractivity contribution is 0.0143. The molecule has 1 N–H and O–H groups in total. The second kappa shape index (κ2) is 23.0. The summed E-state index contributed by atoms with van der Waals surface area (Å²) in [6, 6.07) is 16.7. The van der Waals surface area contributed by atoms with Crippen LogP contribution in [-0.2, 0) is 18.9 Å². The smallest absolute Gasteiger partial charge is 0.407 e. The van der Waals surface area contributed by atoms with Gasteiger partial charge < -0.3 is 24.3 Å². The van der Waals surface area contributed by atoms with Crippen molar-refractivity contribution in [1.29, 1.82) is 0 Å². The summed E-state index contributed by atoms with van der Waals surface area (Å²) in [5.41, 5.74) is 4.86. The van der Waals surface area contributed by atoms with Crippen LogP contribution >= 0.6 is 0 Å². The quantitative estimate of drug-likeness (QED) is 0.110. The van der Waals surface area contributed by atoms with Crippen molar-refractivity contribution >= 4 is 6.09 Å². The molecule has 0 fully saturated rings. The molecule has 0 aliphatic heterocycles. The number of fused-ring (bicyclic) bond motifs is 3. The van der Waals surface area contributed by atoms with Gasteiger partial charge in [-0.3, -0.25) is 0 Å². The SMILES string of the molecule is CCCCCCCCCCCCCCCCOCCOCCOCCNC(=O)OCC1c2ccccc2-c2ccccc21. The zero-order valence-corrected chi connectivity index (χ0v) is 26.8. The molecular formula is C37H57NO5. The Balaban J connectivity index is 1.03. The number of rotatable bonds is 26. The molecule has 1 aliphatic rings. The second-order valence-electron chi connectivity index (χ2n) is 11.7. The first-order chi connectivity index (χ1) is 21.3. The van der Waals surface area contributed by atoms with Crippen LogP contribution in [0.2, 0.25) is 0 Å². The summed E-state index contributed by atoms with van der Waals surface area (Å²) in [4.78, 5) is 12.2. The third-order valence-electron chi connectivity index (χ3n) is 8.25. The van der Waals surface area contributed by atoms with Crippen molar-refractivity contribution in [2.75, 3.05) is 52.8 Å². The number of benzene rings is 2. The van der Waals surface area contributed by atoms with Gasteiger partial charge in [0.1, 0.15) is 6.61 Å². The number of alkyl carbamates (subject to hydrolysis) is 1. The molecule has 0 atom stereocenters. The molecule has 6 heteroatoms. The van der Waals surface area contributed by atoms with Gasteiger partial charge in [-0.25, -0.2) is 4.79 Å². The highest BCUT2D eigenvalue weighted by molar-refractivity contribution is 5.79. The van der Waals surface area contributed by atoms with Gasteiger partial charge in [0.05, 0.1) is 33.0 Å². The van der Waals surface area contributed by atoms with E-state index in [9.17, 15) is 4.79 Å². The highest BCUT2D eigenvalue weighted by Gasteiger charge is 2.28. The van der Waals surface area contributed by atoms with Crippen molar-refractivity contribution in [3.63, 3.8) is 0 Å². The molecule has 2 aromatic rings. The molecule has 1 aliphatic carbocycles. The molecule has 0 radical (unpaired) electrons. The molecule has 0 heterocycles. The van der Waals surface area contributed by atoms with Gasteiger partial charge in [0.25, 0.3) is 0 Å². The van der Waals surface area contributed by atoms with E-state index in [0.717, 1.165) is 13.0 Å². The standard InChI is InChI=1S/C37H57NO5/c1-2-3-4-5-6-7-8-9-10-11-12-13-14-19-25-40-27-29-42-30-28-41-26-24-38-37(39)43-31-36-34-22-17-15-20-32(34)33-21-16-18-23-35(33)36/h15-18,20-23,36H,2-14,19,24-31H2,1H3,(H,38,39). The minimum Gasteiger partial charge on any atom is -0.449 e. The Morgan fingerprint density at radius 3 is 1.56 bits per heavy atom. The van der Waals surface area contributed by atoms with Gasteiger partial charge >= 0.3 is 6.09 Å². The van der Waals surface area contributed by atoms with Crippen molar-refractivity contribution in [3.05, 3.63) is 59.7 Å². The van der Waals surface area contributed by atoms with E-state index in [4.69, 9.17) is 18.9 Å². The molecule has 0 aromatic heterocycles. The van der Waals surface area contributed by atoms with Crippen LogP contribution in [0.25, 0.3) is 11.1 Å². The lowest BCUT2D eigenvalue weighted by Gasteiger charge is -2.14. The molecule has 0 saturated carbocycles. The number of hydrogen-bond donors (Lipinski definition) is 1. The fourth-order valence-electron chi connectivity index (χ4n) is 5.82. The third kappa shape index (κ3) is 14.3. The van der Waals surface area contributed by atoms with Crippen molar-refractivity contribution in [1.82, 2.24) is 5.32 Å². The monoisotopic (exact) mass is 595 g/mol. The van der Waals surface area contributed by atoms with Gasteiger partial charge in [-0.15, -0.1) is 0 Å². The first kappa shape index (κ1) is 35.1. The molecule has 3 rings (SSSR count). The lowest BCUT2D eigenvalue weighted by atomic mass is 9.98. The molecular weight excluding hydrogens is 538 g/mol. The fraction of sp³-hybridized carbons (Fsp3) is 0.649. The highest BCUT2D eigenvalue weighted by atomic mass is 16.6. The lowest BCUT2D eigenvalue weighted by Crippen LogP contribution is -2.29. The van der Waals surface area contributed by atoms with Crippen molar-refractivity contribution < 1.29 is 23.7 Å². The molecule has 240 valence electrons. The zero-order chi connectivity index (χ0) is 30.2. The summed E-state index contributed by atoms with van der Waals surface area (Å²) in [5, 5.41) is 2.77. The summed E-state index contributed by atoms with van der Waals surface area (Å²) < 4.78 is 22.4. The highest BCUT2D eigenvalue weighted by Crippen LogP contribution is 2.44. The summed E-state index contributed by atoms with van der Waals surface area (Å²) in [5.74, 6) is 0.0646. The zero-order valence-electron chi connectivity index (χ0n) is 26.8. The number of nitrogens with one attached hydrogen (secondary N) is 1. The Morgan fingerprint density at radius 2 is 1.02 bits per heavy atom. The van der Waals surface area contributed by atoms with Crippen LogP contribution in [0.5, 0.6) is 0 Å². The minimum atomic E-state index is -0.419. The Hall–Kier alpha value is -2.41. The molecule has 0 spiro atoms. The fourth-order valence-corrected chi connectivity index (χ4v) is 5.82. The molecule has 0 saturated heterocycles. The normalized spacial score (nSPS) is 12.3. The van der Waals surface area contributed by atoms with Gasteiger partial charge in [0, 0.05) is 19.1 Å². The predicted molar refractivity (Wildman–Crippen MR) is 176 cm³/mol. The van der Waals surface area contributed by atoms with Crippen LogP contribution in [0.1, 0.15) is 114 Å². The topological polar surface area (TPSA) is 66.0 Å². The van der Waals surface area contributed by atoms with E-state index in [1.54, 1.807) is 0 Å². The first-order valence-electron chi connectivity index (χ1n) is 17.1. The maximum Gasteiger partial charge on any atom is 0.407 e. The van der Waals surface area contributed by atoms with Gasteiger partial charge in [0.15, 0.2) is 0 Å². The molecule has 0 bridgehead atoms. The number of carbonyl (C=O) groups excluding carboxylic acids is 1. The Kier molecular flexibility index (Phi) is 18.8. The first-order valence-corrected chi connectivity index (χ1v) is 17.1. The third-order valence-corrected chi connectivity index (χ3v) is 8.25. The van der Waals surface area contributed by atoms with E-state index in [-0.39, 0.29) is 5.92 Å². The van der Waals surface area contributed by atoms with Crippen LogP contribution < -0.4 is 5.32 Å². The number of ether oxygens (including phenoxy) is 4. The van der Waals surface area contributed by atoms with Crippen LogP contribution in [0.3, 0.4) is 0 Å². The van der Waals surface area contributed by atoms with E-state index >= 15 is 0 Å². The predicted octanol–water partition coefficient (Wildman–Crippen LogP) is 9.06. The number of amides is 1. The number of unbranched alkanes of at least 4 members (excludes halogenated alkanes) is 13. The van der Waals surface area contributed by atoms with Gasteiger partial charge in [-0.1, -0.05) is 139 Å². The minimum absolute atomic E-state index is 0.0646. The number of carbonyl (C=O) groups is 1. The van der Waals surface area contributed by atoms with E-state index in [0.29, 0.717) is 46.2 Å². The van der Waals surface area contributed by atoms with Crippen LogP contribution in [-0.4, -0.2) is 58.9 Å². The van der Waals surface area contributed by atoms with Crippen LogP contribution in [0, 0.1) is 0 Å². The second-order valence-corrected chi connectivity index (χ2v) is 11.7. The summed E-state index contributed by atoms with van der Waals surface area (Å²) >= 11 is 0. The van der Waals surface area contributed by atoms with Gasteiger partial charge in [-0.05, 0) is 28.7 Å². The van der Waals surface area contributed by atoms with Crippen LogP contribution in [0.15, 0.2) is 48.5 Å². The molecule has 2 aromatic carbocycles. The van der Waals surface area contributed by atoms with Crippen molar-refractivity contribution in [3.8, 4) is 11.1 Å². The van der Waals surface area contributed by atoms with E-state index in [1.165, 1.54) is 106 Å². The van der Waals surface area contributed by atoms with E-state index < -0.39 is 6.09 Å². The molecule has 43 heavy (non-hydrogen) atoms. The largest absolute Gasteiger partial charge is 0.449 e. The maximum atomic E-state index is 12.2. The molecule has 1 amide bonds. The van der Waals surface area contributed by atoms with Crippen molar-refractivity contribution in [2.45, 2.75) is 103 Å². The maximum absolute atomic E-state index is 12.2. The van der Waals surface area contributed by atoms with Crippen molar-refractivity contribution in [2.24, 2.45) is 0 Å². The summed E-state index contributed by atoms with van der Waals surface area (Å²) in [7, 11) is 0. The Bertz CT molecular complexity index is 951. The summed E-state index contributed by atoms with van der Waals surface area (Å²) in [6.45, 7) is 6.46. The average molecular weight is 596 g/mol. The molecule has 0 unspecified atom stereocenters. The van der Waals surface area contributed by atoms with E-state index in [1.807, 2.05) is 24.3 Å². The summed E-state index contributed by atoms with van der Waals surface area (Å²) in [6.07, 6.45) is 18.8. The van der Waals surface area contributed by atoms with Crippen LogP contribution in [0.4, 0.5) is 4.79 Å². The molecule has 6 nitrogen and oxygen atoms in total.